The third-order valence-electron chi connectivity index (χ3n) is 8.07. The van der Waals surface area contributed by atoms with E-state index in [2.05, 4.69) is 16.5 Å². The number of phenolic OH excluding ortho intramolecular Hbond substituents is 1. The van der Waals surface area contributed by atoms with Gasteiger partial charge >= 0.3 is 5.69 Å². The second kappa shape index (κ2) is 9.84. The van der Waals surface area contributed by atoms with Crippen LogP contribution in [-0.4, -0.2) is 82.8 Å². The second-order valence-electron chi connectivity index (χ2n) is 10.4. The number of amides is 1. The Labute approximate surface area is 229 Å². The van der Waals surface area contributed by atoms with Gasteiger partial charge in [0.05, 0.1) is 27.5 Å². The van der Waals surface area contributed by atoms with Gasteiger partial charge < -0.3 is 24.5 Å². The zero-order chi connectivity index (χ0) is 27.4. The van der Waals surface area contributed by atoms with Crippen LogP contribution in [0.4, 0.5) is 10.2 Å². The third-order valence-corrected chi connectivity index (χ3v) is 8.44. The fraction of sp³-hybridized carbons (Fsp3) is 0.393. The Morgan fingerprint density at radius 2 is 2.00 bits per heavy atom. The highest BCUT2D eigenvalue weighted by Crippen LogP contribution is 2.48. The Morgan fingerprint density at radius 3 is 2.72 bits per heavy atom. The molecule has 3 aliphatic heterocycles. The minimum atomic E-state index is -0.643. The van der Waals surface area contributed by atoms with Crippen molar-refractivity contribution in [3.8, 4) is 22.6 Å². The van der Waals surface area contributed by atoms with Crippen LogP contribution in [0.3, 0.4) is 0 Å². The van der Waals surface area contributed by atoms with E-state index in [1.807, 2.05) is 11.9 Å². The smallest absolute Gasteiger partial charge is 0.350 e. The van der Waals surface area contributed by atoms with Crippen LogP contribution >= 0.6 is 11.6 Å². The fourth-order valence-electron chi connectivity index (χ4n) is 6.03. The molecular formula is C28H29ClFN5O4. The van der Waals surface area contributed by atoms with Gasteiger partial charge in [0.1, 0.15) is 24.0 Å². The number of piperazine rings is 1. The first-order chi connectivity index (χ1) is 18.8. The van der Waals surface area contributed by atoms with Crippen LogP contribution in [-0.2, 0) is 4.79 Å². The number of rotatable bonds is 3. The largest absolute Gasteiger partial charge is 0.507 e. The van der Waals surface area contributed by atoms with Crippen molar-refractivity contribution >= 4 is 34.2 Å². The average Bonchev–Trinajstić information content (AvgIpc) is 3.08. The normalized spacial score (nSPS) is 19.9. The maximum atomic E-state index is 15.1. The molecule has 2 saturated heterocycles. The average molecular weight is 554 g/mol. The number of piperidine rings is 1. The van der Waals surface area contributed by atoms with Crippen molar-refractivity contribution in [2.24, 2.45) is 0 Å². The van der Waals surface area contributed by atoms with E-state index in [1.54, 1.807) is 15.5 Å². The molecule has 0 spiro atoms. The van der Waals surface area contributed by atoms with E-state index in [-0.39, 0.29) is 52.2 Å². The number of nitrogens with zero attached hydrogens (tertiary/aromatic N) is 5. The van der Waals surface area contributed by atoms with Gasteiger partial charge in [-0.25, -0.2) is 9.18 Å². The summed E-state index contributed by atoms with van der Waals surface area (Å²) < 4.78 is 23.1. The number of fused-ring (bicyclic) bond motifs is 2. The van der Waals surface area contributed by atoms with Gasteiger partial charge in [-0.2, -0.15) is 4.98 Å². The van der Waals surface area contributed by atoms with Gasteiger partial charge in [0.25, 0.3) is 0 Å². The molecule has 6 rings (SSSR count). The summed E-state index contributed by atoms with van der Waals surface area (Å²) in [7, 11) is 2.04. The van der Waals surface area contributed by atoms with E-state index < -0.39 is 11.5 Å². The molecule has 2 aromatic carbocycles. The summed E-state index contributed by atoms with van der Waals surface area (Å²) in [6, 6.07) is 5.33. The summed E-state index contributed by atoms with van der Waals surface area (Å²) in [6.07, 6.45) is 2.78. The Kier molecular flexibility index (Phi) is 6.47. The van der Waals surface area contributed by atoms with E-state index in [1.165, 1.54) is 24.3 Å². The van der Waals surface area contributed by atoms with Gasteiger partial charge in [-0.15, -0.1) is 0 Å². The van der Waals surface area contributed by atoms with E-state index in [4.69, 9.17) is 16.3 Å². The van der Waals surface area contributed by atoms with Gasteiger partial charge in [0.15, 0.2) is 5.75 Å². The monoisotopic (exact) mass is 553 g/mol. The summed E-state index contributed by atoms with van der Waals surface area (Å²) in [5.74, 6) is -0.366. The van der Waals surface area contributed by atoms with Crippen molar-refractivity contribution in [3.63, 3.8) is 0 Å². The molecule has 0 bridgehead atoms. The van der Waals surface area contributed by atoms with Crippen LogP contribution in [0.2, 0.25) is 5.02 Å². The van der Waals surface area contributed by atoms with Gasteiger partial charge in [0.2, 0.25) is 5.91 Å². The number of phenols is 1. The van der Waals surface area contributed by atoms with Crippen molar-refractivity contribution < 1.29 is 19.0 Å². The van der Waals surface area contributed by atoms with Gasteiger partial charge in [0, 0.05) is 31.2 Å². The molecule has 3 aromatic rings. The number of ether oxygens (including phenoxy) is 1. The molecule has 1 unspecified atom stereocenters. The second-order valence-corrected chi connectivity index (χ2v) is 10.7. The van der Waals surface area contributed by atoms with Crippen LogP contribution in [0.25, 0.3) is 22.0 Å². The van der Waals surface area contributed by atoms with Gasteiger partial charge in [-0.05, 0) is 57.3 Å². The fourth-order valence-corrected chi connectivity index (χ4v) is 6.32. The number of likely N-dealkylation sites (tertiary alicyclic amines) is 1. The van der Waals surface area contributed by atoms with E-state index in [0.29, 0.717) is 36.4 Å². The van der Waals surface area contributed by atoms with Crippen molar-refractivity contribution in [1.82, 2.24) is 19.4 Å². The summed E-state index contributed by atoms with van der Waals surface area (Å²) >= 11 is 6.92. The molecule has 9 nitrogen and oxygen atoms in total. The first-order valence-corrected chi connectivity index (χ1v) is 13.4. The highest BCUT2D eigenvalue weighted by Gasteiger charge is 2.37. The minimum absolute atomic E-state index is 0.0605. The maximum absolute atomic E-state index is 15.1. The number of carbonyl (C=O) groups excluding carboxylic acids is 1. The lowest BCUT2D eigenvalue weighted by Gasteiger charge is -2.40. The first-order valence-electron chi connectivity index (χ1n) is 13.0. The number of aromatic nitrogens is 2. The third kappa shape index (κ3) is 4.22. The standard InChI is InChI=1S/C28H29ClFN5O4/c1-3-22(37)33-11-12-34-17(14-33)15-39-26-24-20(13-18(25(26)29)23-19(30)5-4-6-21(23)36)35(28(38)31-27(24)34)16-7-9-32(2)10-8-16/h3-6,13,16-17,36H,1,7-12,14-15H2,2H3. The van der Waals surface area contributed by atoms with Crippen LogP contribution in [0.15, 0.2) is 41.7 Å². The molecule has 204 valence electrons. The molecule has 11 heteroatoms. The highest BCUT2D eigenvalue weighted by molar-refractivity contribution is 6.36. The molecule has 1 aromatic heterocycles. The zero-order valence-corrected chi connectivity index (χ0v) is 22.3. The molecule has 0 aliphatic carbocycles. The predicted molar refractivity (Wildman–Crippen MR) is 147 cm³/mol. The molecule has 3 aliphatic rings. The SMILES string of the molecule is C=CC(=O)N1CCN2c3nc(=O)n(C4CCN(C)CC4)c4cc(-c5c(O)cccc5F)c(Cl)c(c34)OCC2C1. The lowest BCUT2D eigenvalue weighted by molar-refractivity contribution is -0.126. The van der Waals surface area contributed by atoms with E-state index in [9.17, 15) is 14.7 Å². The van der Waals surface area contributed by atoms with Crippen molar-refractivity contribution in [2.45, 2.75) is 24.9 Å². The highest BCUT2D eigenvalue weighted by atomic mass is 35.5. The number of carbonyl (C=O) groups is 1. The number of hydrogen-bond donors (Lipinski definition) is 1. The van der Waals surface area contributed by atoms with Crippen LogP contribution in [0.1, 0.15) is 18.9 Å². The number of anilines is 1. The lowest BCUT2D eigenvalue weighted by atomic mass is 9.99. The van der Waals surface area contributed by atoms with Crippen molar-refractivity contribution in [3.05, 3.63) is 58.2 Å². The molecule has 2 fully saturated rings. The zero-order valence-electron chi connectivity index (χ0n) is 21.6. The van der Waals surface area contributed by atoms with Crippen molar-refractivity contribution in [1.29, 1.82) is 0 Å². The van der Waals surface area contributed by atoms with E-state index in [0.717, 1.165) is 25.9 Å². The Bertz CT molecular complexity index is 1530. The predicted octanol–water partition coefficient (Wildman–Crippen LogP) is 3.42. The Morgan fingerprint density at radius 1 is 1.23 bits per heavy atom. The number of halogens is 2. The van der Waals surface area contributed by atoms with Crippen LogP contribution in [0.5, 0.6) is 11.5 Å². The van der Waals surface area contributed by atoms with E-state index >= 15 is 4.39 Å². The molecule has 1 atom stereocenters. The number of aromatic hydroxyl groups is 1. The van der Waals surface area contributed by atoms with Gasteiger partial charge in [-0.3, -0.25) is 9.36 Å². The molecule has 4 heterocycles. The van der Waals surface area contributed by atoms with Gasteiger partial charge in [-0.1, -0.05) is 24.2 Å². The minimum Gasteiger partial charge on any atom is -0.507 e. The summed E-state index contributed by atoms with van der Waals surface area (Å²) in [5, 5.41) is 11.3. The lowest BCUT2D eigenvalue weighted by Crippen LogP contribution is -2.56. The molecule has 39 heavy (non-hydrogen) atoms. The number of benzene rings is 2. The summed E-state index contributed by atoms with van der Waals surface area (Å²) in [5.41, 5.74) is 0.294. The molecular weight excluding hydrogens is 525 g/mol. The molecule has 0 saturated carbocycles. The quantitative estimate of drug-likeness (QED) is 0.497. The topological polar surface area (TPSA) is 91.1 Å². The summed E-state index contributed by atoms with van der Waals surface area (Å²) in [6.45, 7) is 6.64. The summed E-state index contributed by atoms with van der Waals surface area (Å²) in [4.78, 5) is 36.6. The molecule has 1 amide bonds. The maximum Gasteiger partial charge on any atom is 0.350 e. The van der Waals surface area contributed by atoms with Crippen LogP contribution in [0, 0.1) is 5.82 Å². The molecule has 0 radical (unpaired) electrons. The van der Waals surface area contributed by atoms with Crippen molar-refractivity contribution in [2.75, 3.05) is 51.3 Å². The first kappa shape index (κ1) is 25.6. The Hall–Kier alpha value is -3.63. The Balaban J connectivity index is 1.60. The van der Waals surface area contributed by atoms with Crippen LogP contribution < -0.4 is 15.3 Å². The molecule has 1 N–H and O–H groups in total. The number of hydrogen-bond acceptors (Lipinski definition) is 7.